The van der Waals surface area contributed by atoms with Gasteiger partial charge in [-0.05, 0) is 17.2 Å². The van der Waals surface area contributed by atoms with Gasteiger partial charge in [0.25, 0.3) is 0 Å². The van der Waals surface area contributed by atoms with Crippen LogP contribution in [0.5, 0.6) is 0 Å². The molecule has 0 saturated heterocycles. The van der Waals surface area contributed by atoms with Gasteiger partial charge in [0, 0.05) is 12.7 Å². The number of amides is 1. The summed E-state index contributed by atoms with van der Waals surface area (Å²) < 4.78 is 0. The second kappa shape index (κ2) is 3.62. The summed E-state index contributed by atoms with van der Waals surface area (Å²) in [5, 5.41) is 11.4. The summed E-state index contributed by atoms with van der Waals surface area (Å²) in [6.07, 6.45) is 2.48. The molecule has 0 fully saturated rings. The molecule has 4 heteroatoms. The second-order valence-electron chi connectivity index (χ2n) is 3.67. The zero-order valence-corrected chi connectivity index (χ0v) is 8.45. The van der Waals surface area contributed by atoms with Crippen LogP contribution in [0, 0.1) is 11.5 Å². The van der Waals surface area contributed by atoms with Crippen molar-refractivity contribution in [1.29, 1.82) is 5.26 Å². The summed E-state index contributed by atoms with van der Waals surface area (Å²) in [6, 6.07) is 5.79. The molecule has 0 aliphatic carbocycles. The lowest BCUT2D eigenvalue weighted by Gasteiger charge is -2.09. The number of anilines is 1. The summed E-state index contributed by atoms with van der Waals surface area (Å²) >= 11 is 0. The largest absolute Gasteiger partial charge is 0.326 e. The number of benzene rings is 1. The molecule has 0 saturated carbocycles. The highest BCUT2D eigenvalue weighted by Crippen LogP contribution is 2.24. The van der Waals surface area contributed by atoms with E-state index in [0.717, 1.165) is 16.8 Å². The number of carbonyl (C=O) groups is 1. The molecule has 0 radical (unpaired) electrons. The normalized spacial score (nSPS) is 12.9. The molecule has 1 aromatic carbocycles. The SMILES string of the molecule is CN(C#N)Cc1ccc2c(c1)CC(=O)N2. The molecule has 1 heterocycles. The molecule has 1 aliphatic rings. The fraction of sp³-hybridized carbons (Fsp3) is 0.273. The molecule has 0 unspecified atom stereocenters. The smallest absolute Gasteiger partial charge is 0.228 e. The van der Waals surface area contributed by atoms with Crippen LogP contribution >= 0.6 is 0 Å². The van der Waals surface area contributed by atoms with Crippen molar-refractivity contribution in [3.8, 4) is 6.19 Å². The number of nitrogens with zero attached hydrogens (tertiary/aromatic N) is 2. The third-order valence-electron chi connectivity index (χ3n) is 2.39. The van der Waals surface area contributed by atoms with Gasteiger partial charge in [0.15, 0.2) is 6.19 Å². The standard InChI is InChI=1S/C11H11N3O/c1-14(7-12)6-8-2-3-10-9(4-8)5-11(15)13-10/h2-4H,5-6H2,1H3,(H,13,15). The maximum Gasteiger partial charge on any atom is 0.228 e. The molecule has 4 nitrogen and oxygen atoms in total. The van der Waals surface area contributed by atoms with Crippen LogP contribution in [0.15, 0.2) is 18.2 Å². The summed E-state index contributed by atoms with van der Waals surface area (Å²) in [7, 11) is 1.73. The van der Waals surface area contributed by atoms with Gasteiger partial charge in [0.05, 0.1) is 13.0 Å². The van der Waals surface area contributed by atoms with Crippen molar-refractivity contribution in [2.45, 2.75) is 13.0 Å². The molecule has 76 valence electrons. The third-order valence-corrected chi connectivity index (χ3v) is 2.39. The number of nitriles is 1. The van der Waals surface area contributed by atoms with Crippen molar-refractivity contribution in [3.05, 3.63) is 29.3 Å². The fourth-order valence-electron chi connectivity index (χ4n) is 1.69. The van der Waals surface area contributed by atoms with E-state index < -0.39 is 0 Å². The van der Waals surface area contributed by atoms with Crippen molar-refractivity contribution in [1.82, 2.24) is 4.90 Å². The Kier molecular flexibility index (Phi) is 2.30. The maximum absolute atomic E-state index is 11.1. The quantitative estimate of drug-likeness (QED) is 0.575. The van der Waals surface area contributed by atoms with Crippen LogP contribution in [0.4, 0.5) is 5.69 Å². The average Bonchev–Trinajstić information content (AvgIpc) is 2.57. The van der Waals surface area contributed by atoms with Gasteiger partial charge in [-0.2, -0.15) is 5.26 Å². The minimum atomic E-state index is 0.0378. The molecule has 0 spiro atoms. The Morgan fingerprint density at radius 3 is 3.13 bits per heavy atom. The van der Waals surface area contributed by atoms with Gasteiger partial charge in [-0.1, -0.05) is 12.1 Å². The molecule has 1 amide bonds. The number of rotatable bonds is 2. The number of fused-ring (bicyclic) bond motifs is 1. The summed E-state index contributed by atoms with van der Waals surface area (Å²) in [6.45, 7) is 0.581. The molecule has 0 bridgehead atoms. The first kappa shape index (κ1) is 9.53. The molecular weight excluding hydrogens is 190 g/mol. The zero-order chi connectivity index (χ0) is 10.8. The topological polar surface area (TPSA) is 56.1 Å². The Hall–Kier alpha value is -2.02. The summed E-state index contributed by atoms with van der Waals surface area (Å²) in [5.41, 5.74) is 2.96. The van der Waals surface area contributed by atoms with E-state index in [1.54, 1.807) is 11.9 Å². The Balaban J connectivity index is 2.21. The number of nitrogens with one attached hydrogen (secondary N) is 1. The highest BCUT2D eigenvalue weighted by molar-refractivity contribution is 5.99. The molecule has 0 aromatic heterocycles. The Morgan fingerprint density at radius 2 is 2.40 bits per heavy atom. The second-order valence-corrected chi connectivity index (χ2v) is 3.67. The van der Waals surface area contributed by atoms with Crippen molar-refractivity contribution in [3.63, 3.8) is 0 Å². The van der Waals surface area contributed by atoms with Gasteiger partial charge in [0.1, 0.15) is 0 Å². The van der Waals surface area contributed by atoms with Crippen molar-refractivity contribution in [2.75, 3.05) is 12.4 Å². The third kappa shape index (κ3) is 1.91. The zero-order valence-electron chi connectivity index (χ0n) is 8.45. The predicted octanol–water partition coefficient (Wildman–Crippen LogP) is 1.09. The molecule has 1 N–H and O–H groups in total. The van der Waals surface area contributed by atoms with E-state index in [1.807, 2.05) is 24.4 Å². The molecule has 1 aromatic rings. The van der Waals surface area contributed by atoms with Crippen molar-refractivity contribution >= 4 is 11.6 Å². The van der Waals surface area contributed by atoms with E-state index in [9.17, 15) is 4.79 Å². The van der Waals surface area contributed by atoms with Crippen LogP contribution < -0.4 is 5.32 Å². The van der Waals surface area contributed by atoms with Gasteiger partial charge in [-0.25, -0.2) is 0 Å². The van der Waals surface area contributed by atoms with E-state index in [-0.39, 0.29) is 5.91 Å². The summed E-state index contributed by atoms with van der Waals surface area (Å²) in [4.78, 5) is 12.7. The van der Waals surface area contributed by atoms with Gasteiger partial charge in [0.2, 0.25) is 5.91 Å². The Bertz CT molecular complexity index is 448. The van der Waals surface area contributed by atoms with Gasteiger partial charge in [-0.3, -0.25) is 4.79 Å². The molecule has 0 atom stereocenters. The van der Waals surface area contributed by atoms with Gasteiger partial charge >= 0.3 is 0 Å². The van der Waals surface area contributed by atoms with Crippen molar-refractivity contribution in [2.24, 2.45) is 0 Å². The lowest BCUT2D eigenvalue weighted by Crippen LogP contribution is -2.10. The van der Waals surface area contributed by atoms with Crippen LogP contribution in [0.2, 0.25) is 0 Å². The molecule has 1 aliphatic heterocycles. The van der Waals surface area contributed by atoms with E-state index in [1.165, 1.54) is 0 Å². The van der Waals surface area contributed by atoms with E-state index in [0.29, 0.717) is 13.0 Å². The lowest BCUT2D eigenvalue weighted by atomic mass is 10.1. The average molecular weight is 201 g/mol. The monoisotopic (exact) mass is 201 g/mol. The maximum atomic E-state index is 11.1. The first-order valence-electron chi connectivity index (χ1n) is 4.71. The van der Waals surface area contributed by atoms with E-state index >= 15 is 0 Å². The van der Waals surface area contributed by atoms with Crippen LogP contribution in [-0.4, -0.2) is 17.9 Å². The number of hydrogen-bond donors (Lipinski definition) is 1. The van der Waals surface area contributed by atoms with Gasteiger partial charge in [-0.15, -0.1) is 0 Å². The van der Waals surface area contributed by atoms with Crippen LogP contribution in [0.25, 0.3) is 0 Å². The summed E-state index contributed by atoms with van der Waals surface area (Å²) in [5.74, 6) is 0.0378. The van der Waals surface area contributed by atoms with Crippen LogP contribution in [-0.2, 0) is 17.8 Å². The number of hydrogen-bond acceptors (Lipinski definition) is 3. The number of carbonyl (C=O) groups excluding carboxylic acids is 1. The van der Waals surface area contributed by atoms with E-state index in [4.69, 9.17) is 5.26 Å². The van der Waals surface area contributed by atoms with E-state index in [2.05, 4.69) is 5.32 Å². The van der Waals surface area contributed by atoms with Crippen molar-refractivity contribution < 1.29 is 4.79 Å². The minimum Gasteiger partial charge on any atom is -0.326 e. The molecule has 15 heavy (non-hydrogen) atoms. The highest BCUT2D eigenvalue weighted by Gasteiger charge is 2.17. The fourth-order valence-corrected chi connectivity index (χ4v) is 1.69. The van der Waals surface area contributed by atoms with Gasteiger partial charge < -0.3 is 10.2 Å². The predicted molar refractivity (Wildman–Crippen MR) is 55.9 cm³/mol. The molecular formula is C11H11N3O. The first-order chi connectivity index (χ1) is 7.19. The Labute approximate surface area is 88.1 Å². The highest BCUT2D eigenvalue weighted by atomic mass is 16.1. The minimum absolute atomic E-state index is 0.0378. The van der Waals surface area contributed by atoms with Crippen LogP contribution in [0.3, 0.4) is 0 Å². The lowest BCUT2D eigenvalue weighted by molar-refractivity contribution is -0.115. The Morgan fingerprint density at radius 1 is 1.60 bits per heavy atom. The van der Waals surface area contributed by atoms with Crippen LogP contribution in [0.1, 0.15) is 11.1 Å². The molecule has 2 rings (SSSR count). The first-order valence-corrected chi connectivity index (χ1v) is 4.71.